The molecule has 3 amide bonds. The van der Waals surface area contributed by atoms with E-state index in [-0.39, 0.29) is 40.9 Å². The Morgan fingerprint density at radius 1 is 1.05 bits per heavy atom. The Morgan fingerprint density at radius 3 is 2.35 bits per heavy atom. The Labute approximate surface area is 211 Å². The minimum absolute atomic E-state index is 0.0119. The number of benzene rings is 2. The average molecular weight is 514 g/mol. The van der Waals surface area contributed by atoms with E-state index in [4.69, 9.17) is 4.42 Å². The number of urea groups is 1. The molecule has 3 heterocycles. The summed E-state index contributed by atoms with van der Waals surface area (Å²) in [6, 6.07) is 12.9. The quantitative estimate of drug-likeness (QED) is 0.486. The Kier molecular flexibility index (Phi) is 6.61. The van der Waals surface area contributed by atoms with Crippen molar-refractivity contribution in [2.24, 2.45) is 5.41 Å². The number of hydrogen-bond donors (Lipinski definition) is 0. The number of piperidine rings is 1. The van der Waals surface area contributed by atoms with Crippen molar-refractivity contribution in [1.29, 1.82) is 0 Å². The summed E-state index contributed by atoms with van der Waals surface area (Å²) >= 11 is 0. The first-order chi connectivity index (χ1) is 17.7. The predicted octanol–water partition coefficient (Wildman–Crippen LogP) is 4.88. The van der Waals surface area contributed by atoms with Gasteiger partial charge in [-0.3, -0.25) is 9.69 Å². The summed E-state index contributed by atoms with van der Waals surface area (Å²) < 4.78 is 45.5. The molecule has 37 heavy (non-hydrogen) atoms. The second kappa shape index (κ2) is 9.87. The topological polar surface area (TPSA) is 82.8 Å². The molecule has 194 valence electrons. The summed E-state index contributed by atoms with van der Waals surface area (Å²) in [4.78, 5) is 30.3. The molecule has 0 bridgehead atoms. The SMILES string of the molecule is CC(=O)N1CCC2(CC1)CN(C(=O)N(Cc1ccc(-c3nnc(C(F)F)o3)cc1F)c1ccccc1)C2. The smallest absolute Gasteiger partial charge is 0.324 e. The second-order valence-corrected chi connectivity index (χ2v) is 9.62. The van der Waals surface area contributed by atoms with Crippen molar-refractivity contribution in [2.75, 3.05) is 31.1 Å². The molecule has 0 aliphatic carbocycles. The number of hydrogen-bond acceptors (Lipinski definition) is 5. The van der Waals surface area contributed by atoms with Gasteiger partial charge in [0, 0.05) is 55.3 Å². The first-order valence-corrected chi connectivity index (χ1v) is 12.0. The summed E-state index contributed by atoms with van der Waals surface area (Å²) in [7, 11) is 0. The third-order valence-corrected chi connectivity index (χ3v) is 7.15. The molecular weight excluding hydrogens is 487 g/mol. The summed E-state index contributed by atoms with van der Waals surface area (Å²) in [5.74, 6) is -1.60. The molecule has 2 aromatic carbocycles. The maximum atomic E-state index is 15.1. The monoisotopic (exact) mass is 513 g/mol. The van der Waals surface area contributed by atoms with E-state index in [9.17, 15) is 18.4 Å². The lowest BCUT2D eigenvalue weighted by Gasteiger charge is -2.54. The largest absolute Gasteiger partial charge is 0.415 e. The van der Waals surface area contributed by atoms with Crippen LogP contribution in [0.3, 0.4) is 0 Å². The Balaban J connectivity index is 1.32. The van der Waals surface area contributed by atoms with E-state index < -0.39 is 18.1 Å². The molecule has 2 fully saturated rings. The van der Waals surface area contributed by atoms with Gasteiger partial charge in [-0.1, -0.05) is 24.3 Å². The zero-order valence-electron chi connectivity index (χ0n) is 20.2. The zero-order chi connectivity index (χ0) is 26.2. The van der Waals surface area contributed by atoms with Crippen LogP contribution in [0.5, 0.6) is 0 Å². The van der Waals surface area contributed by atoms with Gasteiger partial charge in [-0.15, -0.1) is 10.2 Å². The average Bonchev–Trinajstić information content (AvgIpc) is 3.38. The molecule has 3 aromatic rings. The molecule has 2 saturated heterocycles. The molecule has 11 heteroatoms. The standard InChI is InChI=1S/C26H26F3N5O3/c1-17(35)32-11-9-26(10-12-32)15-33(16-26)25(36)34(20-5-3-2-4-6-20)14-19-8-7-18(13-21(19)27)23-30-31-24(37-23)22(28)29/h2-8,13,22H,9-12,14-16H2,1H3. The number of para-hydroxylation sites is 1. The molecule has 0 atom stereocenters. The van der Waals surface area contributed by atoms with Crippen LogP contribution in [-0.4, -0.2) is 58.1 Å². The van der Waals surface area contributed by atoms with E-state index in [1.54, 1.807) is 36.1 Å². The maximum absolute atomic E-state index is 15.1. The van der Waals surface area contributed by atoms with Gasteiger partial charge in [0.25, 0.3) is 5.89 Å². The van der Waals surface area contributed by atoms with Crippen LogP contribution in [0, 0.1) is 11.2 Å². The fraction of sp³-hybridized carbons (Fsp3) is 0.385. The lowest BCUT2D eigenvalue weighted by Crippen LogP contribution is -2.64. The molecule has 5 rings (SSSR count). The molecule has 2 aliphatic rings. The predicted molar refractivity (Wildman–Crippen MR) is 128 cm³/mol. The van der Waals surface area contributed by atoms with Crippen molar-refractivity contribution in [3.63, 3.8) is 0 Å². The Bertz CT molecular complexity index is 1280. The highest BCUT2D eigenvalue weighted by atomic mass is 19.3. The van der Waals surface area contributed by atoms with Crippen molar-refractivity contribution in [3.05, 3.63) is 65.8 Å². The van der Waals surface area contributed by atoms with Gasteiger partial charge in [-0.05, 0) is 37.1 Å². The summed E-state index contributed by atoms with van der Waals surface area (Å²) in [6.45, 7) is 4.10. The molecule has 0 saturated carbocycles. The van der Waals surface area contributed by atoms with Gasteiger partial charge < -0.3 is 14.2 Å². The molecular formula is C26H26F3N5O3. The number of nitrogens with zero attached hydrogens (tertiary/aromatic N) is 5. The molecule has 0 unspecified atom stereocenters. The van der Waals surface area contributed by atoms with Crippen molar-refractivity contribution in [2.45, 2.75) is 32.7 Å². The highest BCUT2D eigenvalue weighted by Gasteiger charge is 2.48. The normalized spacial score (nSPS) is 16.7. The first kappa shape index (κ1) is 24.8. The fourth-order valence-corrected chi connectivity index (χ4v) is 4.98. The second-order valence-electron chi connectivity index (χ2n) is 9.62. The molecule has 8 nitrogen and oxygen atoms in total. The van der Waals surface area contributed by atoms with Crippen LogP contribution in [0.4, 0.5) is 23.7 Å². The summed E-state index contributed by atoms with van der Waals surface area (Å²) in [5, 5.41) is 6.83. The van der Waals surface area contributed by atoms with Crippen LogP contribution in [0.15, 0.2) is 52.9 Å². The highest BCUT2D eigenvalue weighted by Crippen LogP contribution is 2.41. The summed E-state index contributed by atoms with van der Waals surface area (Å²) in [5.41, 5.74) is 1.05. The van der Waals surface area contributed by atoms with E-state index in [1.165, 1.54) is 17.0 Å². The van der Waals surface area contributed by atoms with Crippen LogP contribution in [0.25, 0.3) is 11.5 Å². The number of anilines is 1. The molecule has 2 aliphatic heterocycles. The van der Waals surface area contributed by atoms with Gasteiger partial charge >= 0.3 is 12.5 Å². The molecule has 1 spiro atoms. The molecule has 1 aromatic heterocycles. The van der Waals surface area contributed by atoms with Crippen LogP contribution < -0.4 is 4.90 Å². The number of alkyl halides is 2. The van der Waals surface area contributed by atoms with Crippen molar-refractivity contribution >= 4 is 17.6 Å². The Hall–Kier alpha value is -3.89. The number of amides is 3. The number of carbonyl (C=O) groups excluding carboxylic acids is 2. The van der Waals surface area contributed by atoms with Crippen LogP contribution >= 0.6 is 0 Å². The van der Waals surface area contributed by atoms with Gasteiger partial charge in [0.05, 0.1) is 6.54 Å². The summed E-state index contributed by atoms with van der Waals surface area (Å²) in [6.07, 6.45) is -1.22. The number of halogens is 3. The van der Waals surface area contributed by atoms with E-state index in [0.717, 1.165) is 18.9 Å². The number of likely N-dealkylation sites (tertiary alicyclic amines) is 2. The number of rotatable bonds is 5. The zero-order valence-corrected chi connectivity index (χ0v) is 20.2. The van der Waals surface area contributed by atoms with E-state index in [1.807, 2.05) is 11.0 Å². The minimum atomic E-state index is -2.92. The van der Waals surface area contributed by atoms with Gasteiger partial charge in [0.2, 0.25) is 11.8 Å². The van der Waals surface area contributed by atoms with Gasteiger partial charge in [0.15, 0.2) is 0 Å². The van der Waals surface area contributed by atoms with Gasteiger partial charge in [-0.25, -0.2) is 9.18 Å². The van der Waals surface area contributed by atoms with E-state index >= 15 is 4.39 Å². The maximum Gasteiger partial charge on any atom is 0.324 e. The third-order valence-electron chi connectivity index (χ3n) is 7.15. The van der Waals surface area contributed by atoms with E-state index in [0.29, 0.717) is 31.9 Å². The lowest BCUT2D eigenvalue weighted by atomic mass is 9.72. The first-order valence-electron chi connectivity index (χ1n) is 12.0. The van der Waals surface area contributed by atoms with Crippen LogP contribution in [0.1, 0.15) is 37.6 Å². The number of carbonyl (C=O) groups is 2. The van der Waals surface area contributed by atoms with Gasteiger partial charge in [0.1, 0.15) is 5.82 Å². The van der Waals surface area contributed by atoms with E-state index in [2.05, 4.69) is 10.2 Å². The van der Waals surface area contributed by atoms with Crippen molar-refractivity contribution in [1.82, 2.24) is 20.0 Å². The highest BCUT2D eigenvalue weighted by molar-refractivity contribution is 5.92. The van der Waals surface area contributed by atoms with Crippen LogP contribution in [-0.2, 0) is 11.3 Å². The lowest BCUT2D eigenvalue weighted by molar-refractivity contribution is -0.133. The number of aromatic nitrogens is 2. The van der Waals surface area contributed by atoms with Crippen molar-refractivity contribution in [3.8, 4) is 11.5 Å². The van der Waals surface area contributed by atoms with Crippen LogP contribution in [0.2, 0.25) is 0 Å². The minimum Gasteiger partial charge on any atom is -0.415 e. The van der Waals surface area contributed by atoms with Gasteiger partial charge in [-0.2, -0.15) is 8.78 Å². The fourth-order valence-electron chi connectivity index (χ4n) is 4.98. The molecule has 0 N–H and O–H groups in total. The third kappa shape index (κ3) is 5.03. The Morgan fingerprint density at radius 2 is 1.76 bits per heavy atom. The van der Waals surface area contributed by atoms with Crippen molar-refractivity contribution < 1.29 is 27.2 Å². The molecule has 0 radical (unpaired) electrons.